The number of ether oxygens (including phenoxy) is 2. The van der Waals surface area contributed by atoms with E-state index in [1.807, 2.05) is 0 Å². The molecule has 12 heteroatoms. The Balaban J connectivity index is 1.59. The Hall–Kier alpha value is -2.86. The molecule has 2 fully saturated rings. The molecular formula is C22H22F3N3O5S. The van der Waals surface area contributed by atoms with E-state index in [9.17, 15) is 26.8 Å². The van der Waals surface area contributed by atoms with Gasteiger partial charge in [0, 0.05) is 35.0 Å². The van der Waals surface area contributed by atoms with Gasteiger partial charge in [0.1, 0.15) is 0 Å². The third-order valence-corrected chi connectivity index (χ3v) is 8.85. The first-order valence-corrected chi connectivity index (χ1v) is 12.2. The molecule has 1 aliphatic carbocycles. The number of pyridine rings is 2. The van der Waals surface area contributed by atoms with Crippen LogP contribution in [0.3, 0.4) is 0 Å². The van der Waals surface area contributed by atoms with Gasteiger partial charge in [-0.3, -0.25) is 0 Å². The van der Waals surface area contributed by atoms with Crippen LogP contribution in [0, 0.1) is 24.7 Å². The molecule has 4 aliphatic rings. The van der Waals surface area contributed by atoms with E-state index in [2.05, 4.69) is 9.97 Å². The molecule has 3 aliphatic heterocycles. The van der Waals surface area contributed by atoms with Gasteiger partial charge in [0.05, 0.1) is 30.4 Å². The highest BCUT2D eigenvalue weighted by molar-refractivity contribution is 7.92. The standard InChI is InChI=1S/C22H22F3N3O5S/c1-11-5-15(14-3-4-26-20(14)28(11)29)16-6-13(34(30,31)12(2)22(23,24)25)7-27-21(16)33-10-19-17-8-32-9-18(17)19/h3-7,12,17-19,29H,8-10H2,1-2H3. The molecule has 0 amide bonds. The van der Waals surface area contributed by atoms with Crippen molar-refractivity contribution in [1.29, 1.82) is 0 Å². The summed E-state index contributed by atoms with van der Waals surface area (Å²) in [6.07, 6.45) is -2.57. The molecule has 1 saturated heterocycles. The van der Waals surface area contributed by atoms with Crippen LogP contribution in [0.2, 0.25) is 0 Å². The van der Waals surface area contributed by atoms with Gasteiger partial charge in [-0.05, 0) is 43.9 Å². The Morgan fingerprint density at radius 1 is 1.21 bits per heavy atom. The predicted molar refractivity (Wildman–Crippen MR) is 113 cm³/mol. The maximum atomic E-state index is 13.3. The number of hydrogen-bond acceptors (Lipinski definition) is 7. The van der Waals surface area contributed by atoms with E-state index < -0.39 is 26.2 Å². The molecule has 8 nitrogen and oxygen atoms in total. The lowest BCUT2D eigenvalue weighted by Gasteiger charge is -2.19. The molecule has 5 rings (SSSR count). The lowest BCUT2D eigenvalue weighted by Crippen LogP contribution is -2.34. The summed E-state index contributed by atoms with van der Waals surface area (Å²) in [5.41, 5.74) is 1.50. The van der Waals surface area contributed by atoms with Gasteiger partial charge in [-0.2, -0.15) is 17.9 Å². The SMILES string of the molecule is Cc1cc(-c2cc(S(=O)(=O)C(C)C(F)(F)F)cnc2OCC2C3COCC32)c2ccnc-2n1O. The normalized spacial score (nSPS) is 23.1. The maximum absolute atomic E-state index is 13.3. The molecule has 182 valence electrons. The van der Waals surface area contributed by atoms with Crippen LogP contribution >= 0.6 is 0 Å². The first-order valence-electron chi connectivity index (χ1n) is 10.7. The molecule has 0 radical (unpaired) electrons. The van der Waals surface area contributed by atoms with Crippen LogP contribution in [0.15, 0.2) is 35.5 Å². The summed E-state index contributed by atoms with van der Waals surface area (Å²) in [5.74, 6) is 1.42. The molecule has 3 unspecified atom stereocenters. The van der Waals surface area contributed by atoms with Crippen molar-refractivity contribution in [3.8, 4) is 28.4 Å². The van der Waals surface area contributed by atoms with E-state index in [1.165, 1.54) is 6.20 Å². The summed E-state index contributed by atoms with van der Waals surface area (Å²) in [6, 6.07) is 4.35. The summed E-state index contributed by atoms with van der Waals surface area (Å²) in [7, 11) is -4.76. The average Bonchev–Trinajstić information content (AvgIpc) is 3.17. The lowest BCUT2D eigenvalue weighted by molar-refractivity contribution is -0.126. The minimum atomic E-state index is -4.94. The molecule has 4 heterocycles. The lowest BCUT2D eigenvalue weighted by atomic mass is 10.0. The molecule has 3 atom stereocenters. The van der Waals surface area contributed by atoms with E-state index in [1.54, 1.807) is 19.1 Å². The zero-order chi connectivity index (χ0) is 24.4. The van der Waals surface area contributed by atoms with Gasteiger partial charge in [-0.25, -0.2) is 18.4 Å². The number of rotatable bonds is 6. The Morgan fingerprint density at radius 2 is 1.91 bits per heavy atom. The molecule has 0 bridgehead atoms. The first kappa shape index (κ1) is 22.9. The van der Waals surface area contributed by atoms with E-state index >= 15 is 0 Å². The summed E-state index contributed by atoms with van der Waals surface area (Å²) in [6.45, 7) is 3.88. The van der Waals surface area contributed by atoms with Crippen LogP contribution in [-0.2, 0) is 14.6 Å². The Kier molecular flexibility index (Phi) is 5.28. The first-order chi connectivity index (χ1) is 16.0. The highest BCUT2D eigenvalue weighted by Crippen LogP contribution is 2.51. The molecule has 0 spiro atoms. The Morgan fingerprint density at radius 3 is 2.59 bits per heavy atom. The molecular weight excluding hydrogens is 475 g/mol. The van der Waals surface area contributed by atoms with Crippen molar-refractivity contribution in [2.75, 3.05) is 19.8 Å². The van der Waals surface area contributed by atoms with Gasteiger partial charge in [0.15, 0.2) is 20.9 Å². The van der Waals surface area contributed by atoms with Crippen molar-refractivity contribution in [2.24, 2.45) is 17.8 Å². The number of nitrogens with zero attached hydrogens (tertiary/aromatic N) is 3. The zero-order valence-electron chi connectivity index (χ0n) is 18.3. The second-order valence-electron chi connectivity index (χ2n) is 8.79. The van der Waals surface area contributed by atoms with Crippen LogP contribution in [0.25, 0.3) is 22.5 Å². The smallest absolute Gasteiger partial charge is 0.405 e. The van der Waals surface area contributed by atoms with Crippen LogP contribution in [0.1, 0.15) is 12.6 Å². The van der Waals surface area contributed by atoms with Crippen molar-refractivity contribution in [3.63, 3.8) is 0 Å². The second kappa shape index (κ2) is 7.84. The van der Waals surface area contributed by atoms with Crippen molar-refractivity contribution < 1.29 is 36.3 Å². The number of hydrogen-bond donors (Lipinski definition) is 1. The Labute approximate surface area is 193 Å². The monoisotopic (exact) mass is 497 g/mol. The van der Waals surface area contributed by atoms with Gasteiger partial charge >= 0.3 is 6.18 Å². The number of aromatic nitrogens is 3. The topological polar surface area (TPSA) is 104 Å². The van der Waals surface area contributed by atoms with Gasteiger partial charge in [-0.1, -0.05) is 0 Å². The third kappa shape index (κ3) is 3.68. The molecule has 1 aromatic rings. The van der Waals surface area contributed by atoms with Crippen LogP contribution in [0.5, 0.6) is 5.88 Å². The summed E-state index contributed by atoms with van der Waals surface area (Å²) < 4.78 is 77.5. The summed E-state index contributed by atoms with van der Waals surface area (Å²) in [4.78, 5) is 7.69. The number of sulfone groups is 1. The zero-order valence-corrected chi connectivity index (χ0v) is 19.1. The number of aryl methyl sites for hydroxylation is 1. The van der Waals surface area contributed by atoms with E-state index in [4.69, 9.17) is 9.47 Å². The van der Waals surface area contributed by atoms with Crippen molar-refractivity contribution in [3.05, 3.63) is 36.3 Å². The number of alkyl halides is 3. The summed E-state index contributed by atoms with van der Waals surface area (Å²) in [5, 5.41) is 7.68. The van der Waals surface area contributed by atoms with Crippen LogP contribution in [-0.4, -0.2) is 59.6 Å². The fourth-order valence-corrected chi connectivity index (χ4v) is 5.74. The maximum Gasteiger partial charge on any atom is 0.405 e. The predicted octanol–water partition coefficient (Wildman–Crippen LogP) is 3.59. The Bertz CT molecular complexity index is 1310. The molecule has 0 aromatic carbocycles. The summed E-state index contributed by atoms with van der Waals surface area (Å²) >= 11 is 0. The van der Waals surface area contributed by atoms with Gasteiger partial charge in [0.2, 0.25) is 5.88 Å². The van der Waals surface area contributed by atoms with E-state index in [-0.39, 0.29) is 23.2 Å². The highest BCUT2D eigenvalue weighted by Gasteiger charge is 2.54. The highest BCUT2D eigenvalue weighted by atomic mass is 32.2. The van der Waals surface area contributed by atoms with Gasteiger partial charge in [-0.15, -0.1) is 0 Å². The van der Waals surface area contributed by atoms with Gasteiger partial charge in [0.25, 0.3) is 0 Å². The third-order valence-electron chi connectivity index (χ3n) is 6.77. The minimum Gasteiger partial charge on any atom is -0.477 e. The molecule has 1 N–H and O–H groups in total. The van der Waals surface area contributed by atoms with Gasteiger partial charge < -0.3 is 14.7 Å². The number of fused-ring (bicyclic) bond motifs is 2. The molecule has 1 saturated carbocycles. The fraction of sp³-hybridized carbons (Fsp3) is 0.455. The largest absolute Gasteiger partial charge is 0.477 e. The van der Waals surface area contributed by atoms with E-state index in [0.29, 0.717) is 55.4 Å². The minimum absolute atomic E-state index is 0.0992. The van der Waals surface area contributed by atoms with Crippen LogP contribution in [0.4, 0.5) is 13.2 Å². The average molecular weight is 497 g/mol. The van der Waals surface area contributed by atoms with Crippen LogP contribution < -0.4 is 4.74 Å². The number of halogens is 3. The van der Waals surface area contributed by atoms with Crippen molar-refractivity contribution in [2.45, 2.75) is 30.2 Å². The van der Waals surface area contributed by atoms with Crippen molar-refractivity contribution in [1.82, 2.24) is 14.7 Å². The second-order valence-corrected chi connectivity index (χ2v) is 11.1. The molecule has 34 heavy (non-hydrogen) atoms. The quantitative estimate of drug-likeness (QED) is 0.519. The molecule has 1 aromatic heterocycles. The van der Waals surface area contributed by atoms with Crippen molar-refractivity contribution >= 4 is 9.84 Å². The fourth-order valence-electron chi connectivity index (χ4n) is 4.50. The van der Waals surface area contributed by atoms with E-state index in [0.717, 1.165) is 17.0 Å².